The van der Waals surface area contributed by atoms with Gasteiger partial charge in [-0.25, -0.2) is 18.4 Å². The van der Waals surface area contributed by atoms with E-state index in [9.17, 15) is 18.0 Å². The van der Waals surface area contributed by atoms with Gasteiger partial charge in [-0.2, -0.15) is 9.29 Å². The molecule has 2 saturated heterocycles. The molecule has 0 radical (unpaired) electrons. The van der Waals surface area contributed by atoms with Crippen molar-refractivity contribution in [1.29, 1.82) is 0 Å². The van der Waals surface area contributed by atoms with Gasteiger partial charge >= 0.3 is 0 Å². The van der Waals surface area contributed by atoms with Crippen LogP contribution in [-0.4, -0.2) is 87.4 Å². The minimum atomic E-state index is -3.41. The Morgan fingerprint density at radius 2 is 1.90 bits per heavy atom. The van der Waals surface area contributed by atoms with Crippen LogP contribution in [0.1, 0.15) is 61.5 Å². The van der Waals surface area contributed by atoms with Gasteiger partial charge in [0.25, 0.3) is 5.91 Å². The number of fused-ring (bicyclic) bond motifs is 2. The molecule has 3 atom stereocenters. The summed E-state index contributed by atoms with van der Waals surface area (Å²) in [4.78, 5) is 43.2. The van der Waals surface area contributed by atoms with Crippen LogP contribution in [0.3, 0.4) is 0 Å². The normalized spacial score (nSPS) is 26.3. The first-order chi connectivity index (χ1) is 19.5. The summed E-state index contributed by atoms with van der Waals surface area (Å²) in [6, 6.07) is 5.41. The van der Waals surface area contributed by atoms with Crippen LogP contribution >= 0.6 is 0 Å². The molecule has 0 aromatic carbocycles. The second-order valence-corrected chi connectivity index (χ2v) is 14.0. The average molecular weight is 579 g/mol. The van der Waals surface area contributed by atoms with E-state index in [0.717, 1.165) is 49.6 Å². The maximum atomic E-state index is 13.2. The second-order valence-electron chi connectivity index (χ2n) is 12.2. The van der Waals surface area contributed by atoms with Gasteiger partial charge in [0.2, 0.25) is 21.9 Å². The molecule has 216 valence electrons. The maximum absolute atomic E-state index is 13.2. The van der Waals surface area contributed by atoms with E-state index in [2.05, 4.69) is 19.9 Å². The van der Waals surface area contributed by atoms with Crippen LogP contribution in [0.4, 0.5) is 17.5 Å². The van der Waals surface area contributed by atoms with E-state index >= 15 is 0 Å². The lowest BCUT2D eigenvalue weighted by molar-refractivity contribution is -0.118. The number of nitrogens with one attached hydrogen (secondary N) is 1. The van der Waals surface area contributed by atoms with Crippen LogP contribution in [0.5, 0.6) is 0 Å². The van der Waals surface area contributed by atoms with Crippen molar-refractivity contribution in [3.05, 3.63) is 36.3 Å². The summed E-state index contributed by atoms with van der Waals surface area (Å²) in [5, 5.41) is 3.98. The van der Waals surface area contributed by atoms with Crippen molar-refractivity contribution in [2.75, 3.05) is 37.1 Å². The van der Waals surface area contributed by atoms with E-state index in [0.29, 0.717) is 35.6 Å². The second kappa shape index (κ2) is 9.21. The zero-order valence-electron chi connectivity index (χ0n) is 23.4. The third-order valence-electron chi connectivity index (χ3n) is 9.22. The molecule has 2 saturated carbocycles. The van der Waals surface area contributed by atoms with Crippen molar-refractivity contribution in [2.24, 2.45) is 5.92 Å². The topological polar surface area (TPSA) is 134 Å². The van der Waals surface area contributed by atoms with Gasteiger partial charge in [-0.3, -0.25) is 9.59 Å². The highest BCUT2D eigenvalue weighted by Crippen LogP contribution is 2.61. The predicted molar refractivity (Wildman–Crippen MR) is 153 cm³/mol. The first-order valence-corrected chi connectivity index (χ1v) is 16.0. The molecule has 41 heavy (non-hydrogen) atoms. The number of sulfonamides is 1. The van der Waals surface area contributed by atoms with Crippen LogP contribution in [-0.2, 0) is 14.8 Å². The van der Waals surface area contributed by atoms with Gasteiger partial charge in [0.1, 0.15) is 17.2 Å². The molecule has 1 unspecified atom stereocenters. The summed E-state index contributed by atoms with van der Waals surface area (Å²) in [6.45, 7) is 0.348. The molecule has 2 aliphatic heterocycles. The largest absolute Gasteiger partial charge is 0.343 e. The zero-order valence-corrected chi connectivity index (χ0v) is 24.3. The summed E-state index contributed by atoms with van der Waals surface area (Å²) >= 11 is 0. The summed E-state index contributed by atoms with van der Waals surface area (Å²) in [5.41, 5.74) is 1.48. The highest BCUT2D eigenvalue weighted by molar-refractivity contribution is 7.88. The molecule has 12 nitrogen and oxygen atoms in total. The van der Waals surface area contributed by atoms with Gasteiger partial charge < -0.3 is 19.7 Å². The Morgan fingerprint density at radius 3 is 2.59 bits per heavy atom. The fourth-order valence-corrected chi connectivity index (χ4v) is 9.04. The number of piperidine rings is 1. The van der Waals surface area contributed by atoms with Crippen molar-refractivity contribution in [2.45, 2.75) is 62.6 Å². The number of carbonyl (C=O) groups excluding carboxylic acids is 2. The van der Waals surface area contributed by atoms with E-state index in [-0.39, 0.29) is 30.3 Å². The lowest BCUT2D eigenvalue weighted by Crippen LogP contribution is -2.47. The smallest absolute Gasteiger partial charge is 0.270 e. The van der Waals surface area contributed by atoms with Crippen molar-refractivity contribution < 1.29 is 18.0 Å². The van der Waals surface area contributed by atoms with Gasteiger partial charge in [0.05, 0.1) is 23.7 Å². The third-order valence-corrected chi connectivity index (χ3v) is 10.6. The molecule has 4 fully saturated rings. The number of aromatic nitrogens is 4. The molecule has 2 aliphatic carbocycles. The van der Waals surface area contributed by atoms with Gasteiger partial charge in [0, 0.05) is 50.7 Å². The Balaban J connectivity index is 1.15. The van der Waals surface area contributed by atoms with E-state index in [1.165, 1.54) is 6.26 Å². The highest BCUT2D eigenvalue weighted by atomic mass is 32.2. The fourth-order valence-electron chi connectivity index (χ4n) is 7.40. The summed E-state index contributed by atoms with van der Waals surface area (Å²) in [7, 11) is 0.0900. The maximum Gasteiger partial charge on any atom is 0.270 e. The summed E-state index contributed by atoms with van der Waals surface area (Å²) in [5.74, 6) is 1.04. The molecular formula is C28H34N8O4S. The van der Waals surface area contributed by atoms with Crippen molar-refractivity contribution in [1.82, 2.24) is 28.7 Å². The van der Waals surface area contributed by atoms with Gasteiger partial charge in [0.15, 0.2) is 0 Å². The van der Waals surface area contributed by atoms with Crippen LogP contribution in [0.25, 0.3) is 11.0 Å². The molecule has 2 amide bonds. The SMILES string of the molecule is CN(C)C(=O)c1cc2cnc(Nc3ccc(N4C[C@]56CC5C[C@H](CC4=O)N6S(C)(=O)=O)cn3)nc2n1C1CCCC1. The van der Waals surface area contributed by atoms with Crippen LogP contribution in [0.2, 0.25) is 0 Å². The van der Waals surface area contributed by atoms with Gasteiger partial charge in [-0.1, -0.05) is 12.8 Å². The minimum Gasteiger partial charge on any atom is -0.343 e. The Morgan fingerprint density at radius 1 is 1.12 bits per heavy atom. The molecule has 5 heterocycles. The van der Waals surface area contributed by atoms with Crippen LogP contribution < -0.4 is 10.2 Å². The van der Waals surface area contributed by atoms with E-state index in [1.807, 2.05) is 12.1 Å². The Kier molecular flexibility index (Phi) is 5.92. The Hall–Kier alpha value is -3.58. The van der Waals surface area contributed by atoms with Gasteiger partial charge in [-0.05, 0) is 49.8 Å². The summed E-state index contributed by atoms with van der Waals surface area (Å²) < 4.78 is 28.8. The molecule has 1 N–H and O–H groups in total. The lowest BCUT2D eigenvalue weighted by Gasteiger charge is -2.30. The highest BCUT2D eigenvalue weighted by Gasteiger charge is 2.70. The fraction of sp³-hybridized carbons (Fsp3) is 0.536. The van der Waals surface area contributed by atoms with Crippen molar-refractivity contribution >= 4 is 50.3 Å². The number of amides is 2. The standard InChI is InChI=1S/C28H34N8O4S/c1-33(2)26(38)22-10-17-14-30-27(32-25(17)35(22)19-6-4-5-7-19)31-23-9-8-20(15-29-23)34-16-28-13-18(28)11-21(12-24(34)37)36(28)41(3,39)40/h8-10,14-15,18-19,21H,4-7,11-13,16H2,1-3H3,(H,29,30,31,32)/t18?,21-,28-/m1/s1. The molecule has 2 bridgehead atoms. The molecule has 4 aliphatic rings. The Labute approximate surface area is 238 Å². The quantitative estimate of drug-likeness (QED) is 0.472. The number of pyridine rings is 1. The van der Waals surface area contributed by atoms with E-state index < -0.39 is 15.6 Å². The van der Waals surface area contributed by atoms with Crippen LogP contribution in [0, 0.1) is 5.92 Å². The van der Waals surface area contributed by atoms with Gasteiger partial charge in [-0.15, -0.1) is 0 Å². The monoisotopic (exact) mass is 578 g/mol. The zero-order chi connectivity index (χ0) is 28.7. The number of hydrogen-bond acceptors (Lipinski definition) is 8. The third kappa shape index (κ3) is 4.28. The van der Waals surface area contributed by atoms with E-state index in [4.69, 9.17) is 4.98 Å². The number of anilines is 3. The molecular weight excluding hydrogens is 544 g/mol. The number of rotatable bonds is 6. The number of carbonyl (C=O) groups is 2. The first-order valence-electron chi connectivity index (χ1n) is 14.2. The molecule has 7 rings (SSSR count). The number of hydrogen-bond donors (Lipinski definition) is 1. The van der Waals surface area contributed by atoms with Crippen molar-refractivity contribution in [3.63, 3.8) is 0 Å². The van der Waals surface area contributed by atoms with Crippen LogP contribution in [0.15, 0.2) is 30.6 Å². The predicted octanol–water partition coefficient (Wildman–Crippen LogP) is 2.92. The molecule has 1 spiro atoms. The molecule has 13 heteroatoms. The van der Waals surface area contributed by atoms with Crippen molar-refractivity contribution in [3.8, 4) is 0 Å². The summed E-state index contributed by atoms with van der Waals surface area (Å²) in [6.07, 6.45) is 10.6. The average Bonchev–Trinajstić information content (AvgIpc) is 3.27. The number of nitrogens with zero attached hydrogens (tertiary/aromatic N) is 7. The molecule has 3 aromatic rings. The Bertz CT molecular complexity index is 1660. The lowest BCUT2D eigenvalue weighted by atomic mass is 10.1. The minimum absolute atomic E-state index is 0.0605. The molecule has 3 aromatic heterocycles. The van der Waals surface area contributed by atoms with E-state index in [1.54, 1.807) is 46.7 Å². The first kappa shape index (κ1) is 26.3.